The van der Waals surface area contributed by atoms with Crippen LogP contribution < -0.4 is 0 Å². The Kier molecular flexibility index (Phi) is 3.39. The molecule has 0 aliphatic rings. The van der Waals surface area contributed by atoms with Gasteiger partial charge in [0.1, 0.15) is 11.1 Å². The number of aromatic nitrogens is 3. The fourth-order valence-corrected chi connectivity index (χ4v) is 2.33. The molecule has 0 aliphatic heterocycles. The Balaban J connectivity index is 2.16. The highest BCUT2D eigenvalue weighted by Crippen LogP contribution is 2.25. The summed E-state index contributed by atoms with van der Waals surface area (Å²) in [5, 5.41) is 0. The Morgan fingerprint density at radius 3 is 2.71 bits per heavy atom. The first-order chi connectivity index (χ1) is 10.2. The van der Waals surface area contributed by atoms with Crippen LogP contribution >= 0.6 is 0 Å². The summed E-state index contributed by atoms with van der Waals surface area (Å²) in [5.74, 6) is -0.347. The van der Waals surface area contributed by atoms with Crippen LogP contribution in [0.3, 0.4) is 0 Å². The molecule has 3 rings (SSSR count). The Morgan fingerprint density at radius 2 is 2.00 bits per heavy atom. The van der Waals surface area contributed by atoms with Crippen molar-refractivity contribution in [3.8, 4) is 11.3 Å². The number of rotatable bonds is 3. The number of aromatic amines is 1. The summed E-state index contributed by atoms with van der Waals surface area (Å²) in [4.78, 5) is 23.9. The van der Waals surface area contributed by atoms with E-state index in [0.717, 1.165) is 22.5 Å². The highest BCUT2D eigenvalue weighted by molar-refractivity contribution is 6.04. The minimum atomic E-state index is -0.347. The monoisotopic (exact) mass is 281 g/mol. The number of fused-ring (bicyclic) bond motifs is 1. The molecular weight excluding hydrogens is 266 g/mol. The zero-order valence-electron chi connectivity index (χ0n) is 11.9. The van der Waals surface area contributed by atoms with Gasteiger partial charge in [0, 0.05) is 23.7 Å². The topological polar surface area (TPSA) is 67.9 Å². The van der Waals surface area contributed by atoms with Crippen molar-refractivity contribution >= 4 is 17.0 Å². The van der Waals surface area contributed by atoms with Crippen LogP contribution in [0.2, 0.25) is 0 Å². The van der Waals surface area contributed by atoms with E-state index in [1.54, 1.807) is 19.3 Å². The van der Waals surface area contributed by atoms with Crippen LogP contribution in [0, 0.1) is 6.92 Å². The Bertz CT molecular complexity index is 794. The molecule has 0 aliphatic carbocycles. The normalized spacial score (nSPS) is 10.8. The van der Waals surface area contributed by atoms with E-state index in [-0.39, 0.29) is 5.97 Å². The summed E-state index contributed by atoms with van der Waals surface area (Å²) in [6.45, 7) is 3.98. The van der Waals surface area contributed by atoms with Crippen LogP contribution in [0.4, 0.5) is 0 Å². The van der Waals surface area contributed by atoms with E-state index < -0.39 is 0 Å². The average molecular weight is 281 g/mol. The molecule has 0 fully saturated rings. The van der Waals surface area contributed by atoms with Crippen LogP contribution in [0.1, 0.15) is 23.0 Å². The molecule has 5 heteroatoms. The molecule has 0 spiro atoms. The molecule has 21 heavy (non-hydrogen) atoms. The zero-order valence-corrected chi connectivity index (χ0v) is 11.9. The first-order valence-corrected chi connectivity index (χ1v) is 6.77. The third-order valence-corrected chi connectivity index (χ3v) is 3.28. The summed E-state index contributed by atoms with van der Waals surface area (Å²) >= 11 is 0. The SMILES string of the molecule is CCOC(=O)c1c(C)[nH]c2ccc(-c3ccncc3)nc12. The van der Waals surface area contributed by atoms with Gasteiger partial charge in [0.05, 0.1) is 17.8 Å². The number of hydrogen-bond donors (Lipinski definition) is 1. The Labute approximate surface area is 122 Å². The molecular formula is C16H15N3O2. The molecule has 0 saturated carbocycles. The number of nitrogens with one attached hydrogen (secondary N) is 1. The van der Waals surface area contributed by atoms with Crippen molar-refractivity contribution in [2.45, 2.75) is 13.8 Å². The van der Waals surface area contributed by atoms with Gasteiger partial charge in [-0.3, -0.25) is 4.98 Å². The number of hydrogen-bond acceptors (Lipinski definition) is 4. The maximum Gasteiger partial charge on any atom is 0.342 e. The second-order valence-electron chi connectivity index (χ2n) is 4.67. The van der Waals surface area contributed by atoms with Gasteiger partial charge in [-0.15, -0.1) is 0 Å². The van der Waals surface area contributed by atoms with Crippen molar-refractivity contribution in [3.63, 3.8) is 0 Å². The molecule has 0 bridgehead atoms. The van der Waals surface area contributed by atoms with Crippen LogP contribution in [0.5, 0.6) is 0 Å². The average Bonchev–Trinajstić information content (AvgIpc) is 2.83. The predicted octanol–water partition coefficient (Wildman–Crippen LogP) is 3.11. The van der Waals surface area contributed by atoms with E-state index >= 15 is 0 Å². The standard InChI is InChI=1S/C16H15N3O2/c1-3-21-16(20)14-10(2)18-13-5-4-12(19-15(13)14)11-6-8-17-9-7-11/h4-9,18H,3H2,1-2H3. The quantitative estimate of drug-likeness (QED) is 0.749. The molecule has 3 aromatic rings. The molecule has 0 radical (unpaired) electrons. The molecule has 0 saturated heterocycles. The van der Waals surface area contributed by atoms with E-state index in [0.29, 0.717) is 17.7 Å². The summed E-state index contributed by atoms with van der Waals surface area (Å²) in [7, 11) is 0. The van der Waals surface area contributed by atoms with Crippen LogP contribution in [0.25, 0.3) is 22.3 Å². The van der Waals surface area contributed by atoms with Crippen molar-refractivity contribution in [2.24, 2.45) is 0 Å². The summed E-state index contributed by atoms with van der Waals surface area (Å²) < 4.78 is 5.11. The van der Waals surface area contributed by atoms with E-state index in [1.807, 2.05) is 31.2 Å². The third-order valence-electron chi connectivity index (χ3n) is 3.28. The first-order valence-electron chi connectivity index (χ1n) is 6.77. The van der Waals surface area contributed by atoms with Crippen LogP contribution in [-0.4, -0.2) is 27.5 Å². The lowest BCUT2D eigenvalue weighted by Crippen LogP contribution is -2.06. The van der Waals surface area contributed by atoms with Crippen molar-refractivity contribution in [1.82, 2.24) is 15.0 Å². The number of aryl methyl sites for hydroxylation is 1. The highest BCUT2D eigenvalue weighted by Gasteiger charge is 2.18. The molecule has 0 amide bonds. The number of carbonyl (C=O) groups excluding carboxylic acids is 1. The number of H-pyrrole nitrogens is 1. The minimum absolute atomic E-state index is 0.342. The fourth-order valence-electron chi connectivity index (χ4n) is 2.33. The van der Waals surface area contributed by atoms with Gasteiger partial charge in [0.15, 0.2) is 0 Å². The lowest BCUT2D eigenvalue weighted by Gasteiger charge is -2.03. The Hall–Kier alpha value is -2.69. The first kappa shape index (κ1) is 13.3. The van der Waals surface area contributed by atoms with Gasteiger partial charge >= 0.3 is 5.97 Å². The van der Waals surface area contributed by atoms with Gasteiger partial charge in [0.2, 0.25) is 0 Å². The van der Waals surface area contributed by atoms with E-state index in [1.165, 1.54) is 0 Å². The molecule has 0 unspecified atom stereocenters. The van der Waals surface area contributed by atoms with Gasteiger partial charge in [-0.25, -0.2) is 9.78 Å². The zero-order chi connectivity index (χ0) is 14.8. The third kappa shape index (κ3) is 2.38. The van der Waals surface area contributed by atoms with Crippen LogP contribution in [-0.2, 0) is 4.74 Å². The molecule has 3 aromatic heterocycles. The highest BCUT2D eigenvalue weighted by atomic mass is 16.5. The van der Waals surface area contributed by atoms with Crippen LogP contribution in [0.15, 0.2) is 36.7 Å². The summed E-state index contributed by atoms with van der Waals surface area (Å²) in [5.41, 5.74) is 4.49. The molecule has 0 atom stereocenters. The maximum atomic E-state index is 12.1. The maximum absolute atomic E-state index is 12.1. The van der Waals surface area contributed by atoms with Gasteiger partial charge < -0.3 is 9.72 Å². The Morgan fingerprint density at radius 1 is 1.24 bits per heavy atom. The molecule has 106 valence electrons. The molecule has 3 heterocycles. The fraction of sp³-hybridized carbons (Fsp3) is 0.188. The summed E-state index contributed by atoms with van der Waals surface area (Å²) in [6.07, 6.45) is 3.44. The van der Waals surface area contributed by atoms with Gasteiger partial charge in [-0.05, 0) is 38.1 Å². The number of ether oxygens (including phenoxy) is 1. The van der Waals surface area contributed by atoms with Gasteiger partial charge in [-0.2, -0.15) is 0 Å². The molecule has 1 N–H and O–H groups in total. The van der Waals surface area contributed by atoms with E-state index in [2.05, 4.69) is 15.0 Å². The molecule has 0 aromatic carbocycles. The molecule has 5 nitrogen and oxygen atoms in total. The lowest BCUT2D eigenvalue weighted by molar-refractivity contribution is 0.0527. The smallest absolute Gasteiger partial charge is 0.342 e. The minimum Gasteiger partial charge on any atom is -0.462 e. The predicted molar refractivity (Wildman–Crippen MR) is 80.0 cm³/mol. The van der Waals surface area contributed by atoms with Crippen molar-refractivity contribution in [1.29, 1.82) is 0 Å². The van der Waals surface area contributed by atoms with Crippen molar-refractivity contribution in [3.05, 3.63) is 47.9 Å². The second-order valence-corrected chi connectivity index (χ2v) is 4.67. The van der Waals surface area contributed by atoms with E-state index in [4.69, 9.17) is 4.74 Å². The number of nitrogens with zero attached hydrogens (tertiary/aromatic N) is 2. The number of carbonyl (C=O) groups is 1. The van der Waals surface area contributed by atoms with E-state index in [9.17, 15) is 4.79 Å². The summed E-state index contributed by atoms with van der Waals surface area (Å²) in [6, 6.07) is 7.62. The largest absolute Gasteiger partial charge is 0.462 e. The van der Waals surface area contributed by atoms with Gasteiger partial charge in [-0.1, -0.05) is 0 Å². The van der Waals surface area contributed by atoms with Crippen molar-refractivity contribution in [2.75, 3.05) is 6.61 Å². The lowest BCUT2D eigenvalue weighted by atomic mass is 10.1. The van der Waals surface area contributed by atoms with Gasteiger partial charge in [0.25, 0.3) is 0 Å². The number of pyridine rings is 2. The van der Waals surface area contributed by atoms with Crippen molar-refractivity contribution < 1.29 is 9.53 Å². The number of esters is 1. The second kappa shape index (κ2) is 5.36.